The molecule has 0 bridgehead atoms. The van der Waals surface area contributed by atoms with Crippen LogP contribution in [0.2, 0.25) is 0 Å². The number of hydrogen-bond acceptors (Lipinski definition) is 7. The van der Waals surface area contributed by atoms with Crippen molar-refractivity contribution in [1.82, 2.24) is 10.2 Å². The number of anilines is 1. The van der Waals surface area contributed by atoms with E-state index in [1.165, 1.54) is 48.7 Å². The van der Waals surface area contributed by atoms with E-state index >= 15 is 0 Å². The van der Waals surface area contributed by atoms with Crippen molar-refractivity contribution in [2.75, 3.05) is 17.8 Å². The third-order valence-electron chi connectivity index (χ3n) is 5.59. The SMILES string of the molecule is O=C(NC1CCN(C(=O)c2ccco2)CC1)c1ccc(NS(=O)(=O)c2cccc([N+](=O)[O-])c2)cc1. The topological polar surface area (TPSA) is 152 Å². The molecule has 2 amide bonds. The molecule has 182 valence electrons. The Morgan fingerprint density at radius 3 is 2.37 bits per heavy atom. The van der Waals surface area contributed by atoms with Crippen molar-refractivity contribution < 1.29 is 27.3 Å². The lowest BCUT2D eigenvalue weighted by Gasteiger charge is -2.31. The highest BCUT2D eigenvalue weighted by Crippen LogP contribution is 2.21. The molecule has 0 spiro atoms. The van der Waals surface area contributed by atoms with Crippen molar-refractivity contribution in [1.29, 1.82) is 0 Å². The summed E-state index contributed by atoms with van der Waals surface area (Å²) in [7, 11) is -4.05. The zero-order valence-electron chi connectivity index (χ0n) is 18.4. The van der Waals surface area contributed by atoms with Crippen LogP contribution in [-0.4, -0.2) is 49.2 Å². The molecular weight excluding hydrogens is 476 g/mol. The molecule has 2 aromatic carbocycles. The lowest BCUT2D eigenvalue weighted by Crippen LogP contribution is -2.46. The largest absolute Gasteiger partial charge is 0.459 e. The number of carbonyl (C=O) groups is 2. The standard InChI is InChI=1S/C23H22N4O7S/c28-22(24-17-10-12-26(13-11-17)23(29)21-5-2-14-34-21)16-6-8-18(9-7-16)25-35(32,33)20-4-1-3-19(15-20)27(30)31/h1-9,14-15,17,25H,10-13H2,(H,24,28). The fourth-order valence-corrected chi connectivity index (χ4v) is 4.82. The quantitative estimate of drug-likeness (QED) is 0.375. The number of piperidine rings is 1. The van der Waals surface area contributed by atoms with Crippen molar-refractivity contribution in [3.63, 3.8) is 0 Å². The Balaban J connectivity index is 1.32. The van der Waals surface area contributed by atoms with Crippen LogP contribution in [0.4, 0.5) is 11.4 Å². The Bertz CT molecular complexity index is 1330. The molecule has 2 heterocycles. The van der Waals surface area contributed by atoms with Crippen molar-refractivity contribution in [2.45, 2.75) is 23.8 Å². The highest BCUT2D eigenvalue weighted by atomic mass is 32.2. The van der Waals surface area contributed by atoms with Crippen LogP contribution in [0.5, 0.6) is 0 Å². The summed E-state index contributed by atoms with van der Waals surface area (Å²) in [6, 6.07) is 13.7. The van der Waals surface area contributed by atoms with Gasteiger partial charge in [-0.15, -0.1) is 0 Å². The first-order valence-electron chi connectivity index (χ1n) is 10.7. The van der Waals surface area contributed by atoms with E-state index in [-0.39, 0.29) is 39.9 Å². The Kier molecular flexibility index (Phi) is 6.82. The van der Waals surface area contributed by atoms with E-state index in [0.717, 1.165) is 6.07 Å². The number of furan rings is 1. The number of non-ortho nitro benzene ring substituents is 1. The minimum atomic E-state index is -4.05. The zero-order chi connectivity index (χ0) is 25.0. The number of nitrogens with zero attached hydrogens (tertiary/aromatic N) is 2. The normalized spacial score (nSPS) is 14.3. The van der Waals surface area contributed by atoms with Gasteiger partial charge in [0.1, 0.15) is 0 Å². The molecule has 1 fully saturated rings. The molecule has 1 saturated heterocycles. The number of nitrogens with one attached hydrogen (secondary N) is 2. The molecule has 11 nitrogen and oxygen atoms in total. The fourth-order valence-electron chi connectivity index (χ4n) is 3.72. The van der Waals surface area contributed by atoms with Crippen LogP contribution < -0.4 is 10.0 Å². The van der Waals surface area contributed by atoms with Crippen molar-refractivity contribution in [3.05, 3.63) is 88.4 Å². The molecule has 0 radical (unpaired) electrons. The second-order valence-corrected chi connectivity index (χ2v) is 9.64. The zero-order valence-corrected chi connectivity index (χ0v) is 19.2. The summed E-state index contributed by atoms with van der Waals surface area (Å²) in [4.78, 5) is 36.6. The van der Waals surface area contributed by atoms with Crippen LogP contribution >= 0.6 is 0 Å². The number of nitro groups is 1. The first-order valence-corrected chi connectivity index (χ1v) is 12.2. The van der Waals surface area contributed by atoms with Crippen molar-refractivity contribution >= 4 is 33.2 Å². The van der Waals surface area contributed by atoms with Gasteiger partial charge in [0, 0.05) is 42.5 Å². The van der Waals surface area contributed by atoms with Gasteiger partial charge >= 0.3 is 0 Å². The Morgan fingerprint density at radius 1 is 1.03 bits per heavy atom. The molecular formula is C23H22N4O7S. The van der Waals surface area contributed by atoms with Crippen molar-refractivity contribution in [2.24, 2.45) is 0 Å². The summed E-state index contributed by atoms with van der Waals surface area (Å²) in [6.07, 6.45) is 2.64. The van der Waals surface area contributed by atoms with Crippen LogP contribution in [0.15, 0.2) is 76.2 Å². The van der Waals surface area contributed by atoms with Crippen LogP contribution in [0.25, 0.3) is 0 Å². The maximum atomic E-state index is 12.6. The molecule has 0 unspecified atom stereocenters. The molecule has 1 aromatic heterocycles. The molecule has 0 aliphatic carbocycles. The average Bonchev–Trinajstić information content (AvgIpc) is 3.39. The summed E-state index contributed by atoms with van der Waals surface area (Å²) in [5, 5.41) is 13.8. The Morgan fingerprint density at radius 2 is 1.74 bits per heavy atom. The number of nitro benzene ring substituents is 1. The number of rotatable bonds is 7. The predicted octanol–water partition coefficient (Wildman–Crippen LogP) is 3.02. The van der Waals surface area contributed by atoms with E-state index in [4.69, 9.17) is 4.42 Å². The molecule has 1 aliphatic heterocycles. The van der Waals surface area contributed by atoms with Crippen LogP contribution in [0.3, 0.4) is 0 Å². The molecule has 3 aromatic rings. The second-order valence-electron chi connectivity index (χ2n) is 7.95. The predicted molar refractivity (Wildman–Crippen MR) is 125 cm³/mol. The minimum Gasteiger partial charge on any atom is -0.459 e. The van der Waals surface area contributed by atoms with E-state index in [1.807, 2.05) is 0 Å². The first-order chi connectivity index (χ1) is 16.7. The molecule has 35 heavy (non-hydrogen) atoms. The maximum absolute atomic E-state index is 12.6. The lowest BCUT2D eigenvalue weighted by molar-refractivity contribution is -0.385. The first kappa shape index (κ1) is 24.0. The van der Waals surface area contributed by atoms with Gasteiger partial charge in [-0.1, -0.05) is 6.07 Å². The summed E-state index contributed by atoms with van der Waals surface area (Å²) in [5.41, 5.74) is 0.214. The lowest BCUT2D eigenvalue weighted by atomic mass is 10.0. The van der Waals surface area contributed by atoms with E-state index in [0.29, 0.717) is 31.5 Å². The monoisotopic (exact) mass is 498 g/mol. The molecule has 2 N–H and O–H groups in total. The summed E-state index contributed by atoms with van der Waals surface area (Å²) >= 11 is 0. The number of carbonyl (C=O) groups excluding carboxylic acids is 2. The van der Waals surface area contributed by atoms with Crippen molar-refractivity contribution in [3.8, 4) is 0 Å². The number of sulfonamides is 1. The van der Waals surface area contributed by atoms with Gasteiger partial charge < -0.3 is 14.6 Å². The van der Waals surface area contributed by atoms with Gasteiger partial charge in [-0.2, -0.15) is 0 Å². The van der Waals surface area contributed by atoms with E-state index in [1.54, 1.807) is 17.0 Å². The van der Waals surface area contributed by atoms with Crippen LogP contribution in [0, 0.1) is 10.1 Å². The third-order valence-corrected chi connectivity index (χ3v) is 6.97. The highest BCUT2D eigenvalue weighted by Gasteiger charge is 2.26. The van der Waals surface area contributed by atoms with Gasteiger partial charge in [-0.3, -0.25) is 24.4 Å². The molecule has 1 aliphatic rings. The van der Waals surface area contributed by atoms with Gasteiger partial charge in [0.15, 0.2) is 5.76 Å². The highest BCUT2D eigenvalue weighted by molar-refractivity contribution is 7.92. The molecule has 0 atom stereocenters. The van der Waals surface area contributed by atoms with Gasteiger partial charge in [0.25, 0.3) is 27.5 Å². The number of likely N-dealkylation sites (tertiary alicyclic amines) is 1. The minimum absolute atomic E-state index is 0.102. The van der Waals surface area contributed by atoms with E-state index in [2.05, 4.69) is 10.0 Å². The van der Waals surface area contributed by atoms with E-state index < -0.39 is 14.9 Å². The van der Waals surface area contributed by atoms with Crippen LogP contribution in [0.1, 0.15) is 33.8 Å². The summed E-state index contributed by atoms with van der Waals surface area (Å²) < 4.78 is 32.6. The smallest absolute Gasteiger partial charge is 0.289 e. The average molecular weight is 499 g/mol. The van der Waals surface area contributed by atoms with Gasteiger partial charge in [-0.05, 0) is 55.3 Å². The third kappa shape index (κ3) is 5.66. The van der Waals surface area contributed by atoms with Gasteiger partial charge in [0.05, 0.1) is 16.1 Å². The Labute approximate surface area is 200 Å². The summed E-state index contributed by atoms with van der Waals surface area (Å²) in [5.74, 6) is -0.203. The number of hydrogen-bond donors (Lipinski definition) is 2. The number of amides is 2. The van der Waals surface area contributed by atoms with Gasteiger partial charge in [0.2, 0.25) is 0 Å². The molecule has 12 heteroatoms. The maximum Gasteiger partial charge on any atom is 0.289 e. The van der Waals surface area contributed by atoms with Crippen LogP contribution in [-0.2, 0) is 10.0 Å². The Hall–Kier alpha value is -4.19. The molecule has 0 saturated carbocycles. The molecule has 4 rings (SSSR count). The second kappa shape index (κ2) is 9.97. The van der Waals surface area contributed by atoms with E-state index in [9.17, 15) is 28.1 Å². The fraction of sp³-hybridized carbons (Fsp3) is 0.217. The summed E-state index contributed by atoms with van der Waals surface area (Å²) in [6.45, 7) is 0.978. The number of benzene rings is 2. The van der Waals surface area contributed by atoms with Gasteiger partial charge in [-0.25, -0.2) is 8.42 Å².